The van der Waals surface area contributed by atoms with E-state index >= 15 is 0 Å². The molecule has 10 heteroatoms. The van der Waals surface area contributed by atoms with Crippen LogP contribution < -0.4 is 5.73 Å². The van der Waals surface area contributed by atoms with Crippen LogP contribution in [0.1, 0.15) is 6.42 Å². The maximum absolute atomic E-state index is 10.4. The molecule has 0 aliphatic carbocycles. The van der Waals surface area contributed by atoms with Gasteiger partial charge in [-0.05, 0) is 0 Å². The summed E-state index contributed by atoms with van der Waals surface area (Å²) in [7, 11) is -8.97. The molecule has 7 N–H and O–H groups in total. The summed E-state index contributed by atoms with van der Waals surface area (Å²) < 4.78 is 20.8. The summed E-state index contributed by atoms with van der Waals surface area (Å²) in [6.07, 6.45) is -1.28. The zero-order chi connectivity index (χ0) is 11.6. The largest absolute Gasteiger partial charge is 0.380 e. The smallest absolute Gasteiger partial charge is 0.353 e. The van der Waals surface area contributed by atoms with Gasteiger partial charge in [-0.2, -0.15) is 0 Å². The van der Waals surface area contributed by atoms with Crippen LogP contribution in [0.25, 0.3) is 0 Å². The average Bonchev–Trinajstić information content (AvgIpc) is 1.79. The summed E-state index contributed by atoms with van der Waals surface area (Å²) in [4.78, 5) is 33.8. The maximum Gasteiger partial charge on any atom is 0.353 e. The van der Waals surface area contributed by atoms with Crippen molar-refractivity contribution in [1.29, 1.82) is 0 Å². The van der Waals surface area contributed by atoms with Gasteiger partial charge < -0.3 is 30.4 Å². The van der Waals surface area contributed by atoms with Crippen molar-refractivity contribution in [3.8, 4) is 0 Å². The fourth-order valence-electron chi connectivity index (χ4n) is 0.788. The molecule has 0 aromatic heterocycles. The molecule has 0 bridgehead atoms. The van der Waals surface area contributed by atoms with Crippen molar-refractivity contribution in [3.63, 3.8) is 0 Å². The first-order valence-corrected chi connectivity index (χ1v) is 7.04. The Hall–Kier alpha value is 0.220. The van der Waals surface area contributed by atoms with E-state index in [2.05, 4.69) is 0 Å². The van der Waals surface area contributed by atoms with Gasteiger partial charge in [0, 0.05) is 12.5 Å². The summed E-state index contributed by atoms with van der Waals surface area (Å²) in [5, 5.41) is 8.86. The Kier molecular flexibility index (Phi) is 4.90. The molecule has 8 nitrogen and oxygen atoms in total. The molecule has 2 atom stereocenters. The van der Waals surface area contributed by atoms with E-state index in [4.69, 9.17) is 30.4 Å². The lowest BCUT2D eigenvalue weighted by atomic mass is 10.3. The Morgan fingerprint density at radius 2 is 1.57 bits per heavy atom. The topological polar surface area (TPSA) is 161 Å². The standard InChI is InChI=1S/C4H13NO7P2/c5-3(2-13(7,8)9)1-4(6)14(10,11)12/h3-4,6H,1-2,5H2,(H2,7,8,9)(H2,10,11,12). The van der Waals surface area contributed by atoms with E-state index < -0.39 is 39.7 Å². The summed E-state index contributed by atoms with van der Waals surface area (Å²) in [5.74, 6) is -1.98. The van der Waals surface area contributed by atoms with Crippen LogP contribution >= 0.6 is 15.2 Å². The summed E-state index contributed by atoms with van der Waals surface area (Å²) >= 11 is 0. The van der Waals surface area contributed by atoms with Crippen molar-refractivity contribution in [1.82, 2.24) is 0 Å². The SMILES string of the molecule is NC(CC(O)P(=O)(O)O)CP(=O)(O)O. The first-order chi connectivity index (χ1) is 6.02. The normalized spacial score (nSPS) is 17.9. The van der Waals surface area contributed by atoms with Gasteiger partial charge in [0.2, 0.25) is 0 Å². The Morgan fingerprint density at radius 1 is 1.14 bits per heavy atom. The molecular weight excluding hydrogens is 236 g/mol. The fourth-order valence-corrected chi connectivity index (χ4v) is 2.09. The average molecular weight is 249 g/mol. The van der Waals surface area contributed by atoms with Crippen LogP contribution in [-0.4, -0.2) is 42.7 Å². The predicted octanol–water partition coefficient (Wildman–Crippen LogP) is -1.62. The van der Waals surface area contributed by atoms with E-state index in [0.29, 0.717) is 0 Å². The number of hydrogen-bond donors (Lipinski definition) is 6. The minimum Gasteiger partial charge on any atom is -0.380 e. The number of aliphatic hydroxyl groups is 1. The minimum absolute atomic E-state index is 0.560. The summed E-state index contributed by atoms with van der Waals surface area (Å²) in [6.45, 7) is 0. The quantitative estimate of drug-likeness (QED) is 0.316. The highest BCUT2D eigenvalue weighted by molar-refractivity contribution is 7.52. The zero-order valence-electron chi connectivity index (χ0n) is 7.09. The van der Waals surface area contributed by atoms with Crippen molar-refractivity contribution in [2.75, 3.05) is 6.16 Å². The van der Waals surface area contributed by atoms with Crippen LogP contribution in [0.4, 0.5) is 0 Å². The van der Waals surface area contributed by atoms with Gasteiger partial charge in [-0.3, -0.25) is 9.13 Å². The molecule has 0 heterocycles. The molecule has 0 aliphatic rings. The van der Waals surface area contributed by atoms with Crippen molar-refractivity contribution in [3.05, 3.63) is 0 Å². The molecule has 0 fully saturated rings. The highest BCUT2D eigenvalue weighted by Crippen LogP contribution is 2.43. The fraction of sp³-hybridized carbons (Fsp3) is 1.00. The van der Waals surface area contributed by atoms with Crippen molar-refractivity contribution < 1.29 is 33.8 Å². The Labute approximate surface area is 80.1 Å². The molecule has 0 rings (SSSR count). The second-order valence-corrected chi connectivity index (χ2v) is 6.38. The van der Waals surface area contributed by atoms with Crippen molar-refractivity contribution in [2.45, 2.75) is 18.3 Å². The van der Waals surface area contributed by atoms with E-state index in [-0.39, 0.29) is 0 Å². The molecule has 2 unspecified atom stereocenters. The van der Waals surface area contributed by atoms with E-state index in [1.807, 2.05) is 0 Å². The third-order valence-electron chi connectivity index (χ3n) is 1.37. The highest BCUT2D eigenvalue weighted by atomic mass is 31.2. The Balaban J connectivity index is 4.15. The maximum atomic E-state index is 10.4. The van der Waals surface area contributed by atoms with Gasteiger partial charge >= 0.3 is 15.2 Å². The van der Waals surface area contributed by atoms with Crippen LogP contribution in [0.3, 0.4) is 0 Å². The molecule has 0 saturated carbocycles. The minimum atomic E-state index is -4.65. The summed E-state index contributed by atoms with van der Waals surface area (Å²) in [5.41, 5.74) is 5.16. The van der Waals surface area contributed by atoms with Crippen LogP contribution in [-0.2, 0) is 9.13 Å². The molecule has 0 spiro atoms. The molecule has 0 aliphatic heterocycles. The second-order valence-electron chi connectivity index (χ2n) is 2.91. The number of aliphatic hydroxyl groups excluding tert-OH is 1. The molecule has 0 saturated heterocycles. The third kappa shape index (κ3) is 6.64. The number of hydrogen-bond acceptors (Lipinski definition) is 4. The first kappa shape index (κ1) is 14.2. The van der Waals surface area contributed by atoms with Crippen LogP contribution in [0, 0.1) is 0 Å². The first-order valence-electron chi connectivity index (χ1n) is 3.56. The van der Waals surface area contributed by atoms with Crippen LogP contribution in [0.5, 0.6) is 0 Å². The number of nitrogens with two attached hydrogens (primary N) is 1. The molecule has 86 valence electrons. The zero-order valence-corrected chi connectivity index (χ0v) is 8.88. The van der Waals surface area contributed by atoms with Gasteiger partial charge in [0.15, 0.2) is 5.85 Å². The predicted molar refractivity (Wildman–Crippen MR) is 47.6 cm³/mol. The molecule has 14 heavy (non-hydrogen) atoms. The second kappa shape index (κ2) is 4.83. The molecule has 0 aromatic rings. The van der Waals surface area contributed by atoms with Gasteiger partial charge in [0.05, 0.1) is 6.16 Å². The van der Waals surface area contributed by atoms with E-state index in [1.54, 1.807) is 0 Å². The van der Waals surface area contributed by atoms with Crippen molar-refractivity contribution in [2.24, 2.45) is 5.73 Å². The van der Waals surface area contributed by atoms with Crippen LogP contribution in [0.2, 0.25) is 0 Å². The Bertz CT molecular complexity index is 269. The third-order valence-corrected chi connectivity index (χ3v) is 3.31. The van der Waals surface area contributed by atoms with Gasteiger partial charge in [-0.15, -0.1) is 0 Å². The van der Waals surface area contributed by atoms with Gasteiger partial charge in [-0.1, -0.05) is 0 Å². The van der Waals surface area contributed by atoms with Crippen LogP contribution in [0.15, 0.2) is 0 Å². The highest BCUT2D eigenvalue weighted by Gasteiger charge is 2.30. The van der Waals surface area contributed by atoms with Crippen molar-refractivity contribution >= 4 is 15.2 Å². The molecule has 0 radical (unpaired) electrons. The lowest BCUT2D eigenvalue weighted by Gasteiger charge is -2.17. The lowest BCUT2D eigenvalue weighted by Crippen LogP contribution is -2.29. The monoisotopic (exact) mass is 249 g/mol. The van der Waals surface area contributed by atoms with Gasteiger partial charge in [0.25, 0.3) is 0 Å². The molecular formula is C4H13NO7P2. The van der Waals surface area contributed by atoms with E-state index in [9.17, 15) is 9.13 Å². The van der Waals surface area contributed by atoms with Gasteiger partial charge in [0.1, 0.15) is 0 Å². The molecule has 0 amide bonds. The van der Waals surface area contributed by atoms with E-state index in [1.165, 1.54) is 0 Å². The molecule has 0 aromatic carbocycles. The van der Waals surface area contributed by atoms with Gasteiger partial charge in [-0.25, -0.2) is 0 Å². The Morgan fingerprint density at radius 3 is 1.86 bits per heavy atom. The summed E-state index contributed by atoms with van der Waals surface area (Å²) in [6, 6.07) is -1.15. The number of rotatable bonds is 5. The lowest BCUT2D eigenvalue weighted by molar-refractivity contribution is 0.187. The van der Waals surface area contributed by atoms with E-state index in [0.717, 1.165) is 0 Å².